The molecular weight excluding hydrogens is 262 g/mol. The molecule has 3 N–H and O–H groups in total. The smallest absolute Gasteiger partial charge is 0.124 e. The maximum Gasteiger partial charge on any atom is 0.124 e. The number of methoxy groups -OCH3 is 1. The zero-order chi connectivity index (χ0) is 13.8. The van der Waals surface area contributed by atoms with Crippen molar-refractivity contribution in [3.8, 4) is 0 Å². The molecule has 2 rings (SSSR count). The number of hydrogen-bond acceptors (Lipinski definition) is 4. The maximum absolute atomic E-state index is 11.7. The van der Waals surface area contributed by atoms with E-state index in [1.54, 1.807) is 20.2 Å². The van der Waals surface area contributed by atoms with Crippen LogP contribution in [0.1, 0.15) is 12.8 Å². The fourth-order valence-corrected chi connectivity index (χ4v) is 3.06. The fraction of sp³-hybridized carbons (Fsp3) is 0.538. The van der Waals surface area contributed by atoms with Gasteiger partial charge < -0.3 is 15.4 Å². The van der Waals surface area contributed by atoms with E-state index in [0.717, 1.165) is 31.6 Å². The Morgan fingerprint density at radius 1 is 1.53 bits per heavy atom. The molecule has 1 heterocycles. The highest BCUT2D eigenvalue weighted by molar-refractivity contribution is 7.83. The Labute approximate surface area is 116 Å². The summed E-state index contributed by atoms with van der Waals surface area (Å²) in [4.78, 5) is 2.93. The van der Waals surface area contributed by atoms with Crippen LogP contribution in [0.3, 0.4) is 0 Å². The molecule has 0 amide bonds. The third-order valence-corrected chi connectivity index (χ3v) is 4.50. The minimum Gasteiger partial charge on any atom is -0.397 e. The lowest BCUT2D eigenvalue weighted by Crippen LogP contribution is -2.39. The highest BCUT2D eigenvalue weighted by atomic mass is 32.2. The van der Waals surface area contributed by atoms with E-state index in [1.807, 2.05) is 12.1 Å². The summed E-state index contributed by atoms with van der Waals surface area (Å²) < 4.78 is 19.8. The molecule has 0 aromatic heterocycles. The molecule has 5 nitrogen and oxygen atoms in total. The van der Waals surface area contributed by atoms with Crippen molar-refractivity contribution in [2.75, 3.05) is 37.9 Å². The fourth-order valence-electron chi connectivity index (χ4n) is 2.40. The van der Waals surface area contributed by atoms with Crippen molar-refractivity contribution in [2.45, 2.75) is 23.8 Å². The van der Waals surface area contributed by atoms with Gasteiger partial charge in [0, 0.05) is 20.2 Å². The molecule has 1 fully saturated rings. The molecule has 19 heavy (non-hydrogen) atoms. The Balaban J connectivity index is 2.18. The van der Waals surface area contributed by atoms with Gasteiger partial charge in [-0.25, -0.2) is 8.93 Å². The summed E-state index contributed by atoms with van der Waals surface area (Å²) >= 11 is 0. The van der Waals surface area contributed by atoms with Crippen LogP contribution < -0.4 is 15.4 Å². The molecule has 6 heteroatoms. The minimum atomic E-state index is -1.20. The first-order valence-corrected chi connectivity index (χ1v) is 7.57. The van der Waals surface area contributed by atoms with Gasteiger partial charge in [0.2, 0.25) is 0 Å². The minimum absolute atomic E-state index is 0.263. The third-order valence-electron chi connectivity index (χ3n) is 3.45. The molecule has 0 bridgehead atoms. The first-order chi connectivity index (χ1) is 9.15. The molecule has 2 atom stereocenters. The monoisotopic (exact) mass is 283 g/mol. The van der Waals surface area contributed by atoms with Gasteiger partial charge >= 0.3 is 0 Å². The number of rotatable bonds is 4. The number of piperidine rings is 1. The van der Waals surface area contributed by atoms with Crippen LogP contribution in [0.25, 0.3) is 0 Å². The van der Waals surface area contributed by atoms with Gasteiger partial charge in [-0.1, -0.05) is 0 Å². The summed E-state index contributed by atoms with van der Waals surface area (Å²) in [6, 6.07) is 5.57. The molecular formula is C13H21N3O2S. The van der Waals surface area contributed by atoms with Gasteiger partial charge in [-0.2, -0.15) is 0 Å². The second-order valence-electron chi connectivity index (χ2n) is 4.64. The molecule has 2 unspecified atom stereocenters. The van der Waals surface area contributed by atoms with Crippen LogP contribution in [-0.2, 0) is 15.7 Å². The van der Waals surface area contributed by atoms with Crippen molar-refractivity contribution < 1.29 is 8.95 Å². The van der Waals surface area contributed by atoms with Crippen molar-refractivity contribution in [3.05, 3.63) is 18.2 Å². The summed E-state index contributed by atoms with van der Waals surface area (Å²) in [6.45, 7) is 1.84. The number of nitrogens with two attached hydrogens (primary N) is 1. The number of ether oxygens (including phenoxy) is 1. The van der Waals surface area contributed by atoms with E-state index < -0.39 is 11.0 Å². The lowest BCUT2D eigenvalue weighted by molar-refractivity contribution is 0.0894. The van der Waals surface area contributed by atoms with Crippen LogP contribution in [0, 0.1) is 0 Å². The van der Waals surface area contributed by atoms with Crippen LogP contribution in [0.15, 0.2) is 23.1 Å². The van der Waals surface area contributed by atoms with Crippen LogP contribution in [0.5, 0.6) is 0 Å². The van der Waals surface area contributed by atoms with Crippen LogP contribution in [0.2, 0.25) is 0 Å². The van der Waals surface area contributed by atoms with E-state index in [2.05, 4.69) is 9.62 Å². The van der Waals surface area contributed by atoms with Gasteiger partial charge in [0.15, 0.2) is 0 Å². The molecule has 0 spiro atoms. The molecule has 0 saturated carbocycles. The van der Waals surface area contributed by atoms with Gasteiger partial charge in [0.1, 0.15) is 11.0 Å². The van der Waals surface area contributed by atoms with Gasteiger partial charge in [-0.3, -0.25) is 0 Å². The summed E-state index contributed by atoms with van der Waals surface area (Å²) in [6.07, 6.45) is 2.45. The number of anilines is 2. The summed E-state index contributed by atoms with van der Waals surface area (Å²) in [5.41, 5.74) is 7.75. The highest BCUT2D eigenvalue weighted by Gasteiger charge is 2.21. The predicted octanol–water partition coefficient (Wildman–Crippen LogP) is 1.13. The number of nitrogens with one attached hydrogen (secondary N) is 1. The average molecular weight is 283 g/mol. The van der Waals surface area contributed by atoms with Crippen molar-refractivity contribution in [1.82, 2.24) is 4.72 Å². The van der Waals surface area contributed by atoms with Gasteiger partial charge in [-0.15, -0.1) is 0 Å². The molecule has 1 aliphatic heterocycles. The Hall–Kier alpha value is -1.11. The van der Waals surface area contributed by atoms with Crippen LogP contribution in [0.4, 0.5) is 11.4 Å². The highest BCUT2D eigenvalue weighted by Crippen LogP contribution is 2.28. The van der Waals surface area contributed by atoms with E-state index in [0.29, 0.717) is 10.6 Å². The topological polar surface area (TPSA) is 67.6 Å². The van der Waals surface area contributed by atoms with Gasteiger partial charge in [-0.05, 0) is 38.1 Å². The second kappa shape index (κ2) is 6.36. The molecule has 1 saturated heterocycles. The Kier molecular flexibility index (Phi) is 4.79. The number of hydrogen-bond donors (Lipinski definition) is 2. The number of nitrogen functional groups attached to an aromatic ring is 1. The van der Waals surface area contributed by atoms with Gasteiger partial charge in [0.05, 0.1) is 22.4 Å². The van der Waals surface area contributed by atoms with E-state index in [1.165, 1.54) is 0 Å². The third kappa shape index (κ3) is 3.26. The average Bonchev–Trinajstić information content (AvgIpc) is 2.46. The Morgan fingerprint density at radius 2 is 2.32 bits per heavy atom. The largest absolute Gasteiger partial charge is 0.397 e. The van der Waals surface area contributed by atoms with Crippen molar-refractivity contribution in [3.63, 3.8) is 0 Å². The number of benzene rings is 1. The standard InChI is InChI=1S/C13H21N3O2S/c1-15-19(17)11-5-6-13(12(14)8-11)16-7-3-4-10(9-16)18-2/h5-6,8,10,15H,3-4,7,9,14H2,1-2H3. The van der Waals surface area contributed by atoms with E-state index >= 15 is 0 Å². The molecule has 1 aliphatic rings. The molecule has 0 radical (unpaired) electrons. The quantitative estimate of drug-likeness (QED) is 0.813. The van der Waals surface area contributed by atoms with Crippen LogP contribution in [-0.4, -0.2) is 37.6 Å². The normalized spacial score (nSPS) is 21.4. The Morgan fingerprint density at radius 3 is 2.95 bits per heavy atom. The summed E-state index contributed by atoms with van der Waals surface area (Å²) in [7, 11) is 2.21. The molecule has 1 aromatic rings. The van der Waals surface area contributed by atoms with Gasteiger partial charge in [0.25, 0.3) is 0 Å². The summed E-state index contributed by atoms with van der Waals surface area (Å²) in [5, 5.41) is 0. The molecule has 106 valence electrons. The summed E-state index contributed by atoms with van der Waals surface area (Å²) in [5.74, 6) is 0. The first kappa shape index (κ1) is 14.3. The first-order valence-electron chi connectivity index (χ1n) is 6.42. The Bertz CT molecular complexity index is 467. The predicted molar refractivity (Wildman–Crippen MR) is 78.6 cm³/mol. The van der Waals surface area contributed by atoms with E-state index in [4.69, 9.17) is 10.5 Å². The molecule has 1 aromatic carbocycles. The van der Waals surface area contributed by atoms with E-state index in [-0.39, 0.29) is 6.10 Å². The maximum atomic E-state index is 11.7. The lowest BCUT2D eigenvalue weighted by atomic mass is 10.1. The number of nitrogens with zero attached hydrogens (tertiary/aromatic N) is 1. The van der Waals surface area contributed by atoms with Crippen molar-refractivity contribution in [1.29, 1.82) is 0 Å². The lowest BCUT2D eigenvalue weighted by Gasteiger charge is -2.34. The second-order valence-corrected chi connectivity index (χ2v) is 6.06. The van der Waals surface area contributed by atoms with Crippen LogP contribution >= 0.6 is 0 Å². The zero-order valence-corrected chi connectivity index (χ0v) is 12.2. The van der Waals surface area contributed by atoms with Crippen molar-refractivity contribution >= 4 is 22.4 Å². The van der Waals surface area contributed by atoms with E-state index in [9.17, 15) is 4.21 Å². The zero-order valence-electron chi connectivity index (χ0n) is 11.4. The molecule has 0 aliphatic carbocycles. The SMILES string of the molecule is CNS(=O)c1ccc(N2CCCC(OC)C2)c(N)c1. The van der Waals surface area contributed by atoms with Crippen molar-refractivity contribution in [2.24, 2.45) is 0 Å².